The first kappa shape index (κ1) is 9.76. The smallest absolute Gasteiger partial charge is 0.0816 e. The molecule has 0 radical (unpaired) electrons. The van der Waals surface area contributed by atoms with Crippen LogP contribution < -0.4 is 0 Å². The van der Waals surface area contributed by atoms with Crippen LogP contribution in [0.2, 0.25) is 0 Å². The Balaban J connectivity index is 2.72. The van der Waals surface area contributed by atoms with E-state index in [2.05, 4.69) is 10.9 Å². The molecule has 0 aliphatic rings. The van der Waals surface area contributed by atoms with Crippen LogP contribution in [-0.2, 0) is 0 Å². The Kier molecular flexibility index (Phi) is 3.48. The molecule has 1 atom stereocenters. The Morgan fingerprint density at radius 2 is 2.46 bits per heavy atom. The molecule has 0 aliphatic heterocycles. The van der Waals surface area contributed by atoms with Crippen molar-refractivity contribution in [1.29, 1.82) is 0 Å². The molecule has 0 fully saturated rings. The summed E-state index contributed by atoms with van der Waals surface area (Å²) in [5.74, 6) is 2.51. The summed E-state index contributed by atoms with van der Waals surface area (Å²) >= 11 is 0. The number of hydrogen-bond acceptors (Lipinski definition) is 2. The van der Waals surface area contributed by atoms with E-state index in [1.165, 1.54) is 0 Å². The van der Waals surface area contributed by atoms with Gasteiger partial charge in [-0.1, -0.05) is 6.07 Å². The first-order valence-electron chi connectivity index (χ1n) is 4.28. The number of aryl methyl sites for hydroxylation is 1. The summed E-state index contributed by atoms with van der Waals surface area (Å²) in [6.45, 7) is 1.88. The zero-order valence-electron chi connectivity index (χ0n) is 7.70. The van der Waals surface area contributed by atoms with Gasteiger partial charge >= 0.3 is 0 Å². The molecule has 1 heterocycles. The van der Waals surface area contributed by atoms with Gasteiger partial charge in [-0.3, -0.25) is 4.98 Å². The van der Waals surface area contributed by atoms with Crippen molar-refractivity contribution in [3.63, 3.8) is 0 Å². The molecule has 2 heteroatoms. The van der Waals surface area contributed by atoms with Crippen molar-refractivity contribution in [1.82, 2.24) is 4.98 Å². The van der Waals surface area contributed by atoms with Gasteiger partial charge in [-0.05, 0) is 19.4 Å². The minimum Gasteiger partial charge on any atom is -0.388 e. The van der Waals surface area contributed by atoms with Crippen molar-refractivity contribution in [3.05, 3.63) is 29.6 Å². The summed E-state index contributed by atoms with van der Waals surface area (Å²) in [5, 5.41) is 9.70. The van der Waals surface area contributed by atoms with Gasteiger partial charge in [-0.2, -0.15) is 0 Å². The Hall–Kier alpha value is -1.33. The molecule has 0 aliphatic carbocycles. The molecule has 1 N–H and O–H groups in total. The van der Waals surface area contributed by atoms with Crippen LogP contribution in [0.1, 0.15) is 30.2 Å². The van der Waals surface area contributed by atoms with Crippen molar-refractivity contribution in [2.24, 2.45) is 0 Å². The summed E-state index contributed by atoms with van der Waals surface area (Å²) in [6, 6.07) is 3.70. The van der Waals surface area contributed by atoms with Gasteiger partial charge in [0.15, 0.2) is 0 Å². The lowest BCUT2D eigenvalue weighted by molar-refractivity contribution is 0.168. The van der Waals surface area contributed by atoms with Crippen LogP contribution in [0.15, 0.2) is 18.3 Å². The number of terminal acetylenes is 1. The van der Waals surface area contributed by atoms with E-state index in [0.717, 1.165) is 11.3 Å². The van der Waals surface area contributed by atoms with Crippen molar-refractivity contribution in [2.75, 3.05) is 0 Å². The predicted octanol–water partition coefficient (Wildman–Crippen LogP) is 1.84. The maximum atomic E-state index is 9.70. The largest absolute Gasteiger partial charge is 0.388 e. The molecule has 0 saturated heterocycles. The second-order valence-corrected chi connectivity index (χ2v) is 2.94. The van der Waals surface area contributed by atoms with E-state index in [9.17, 15) is 5.11 Å². The van der Waals surface area contributed by atoms with Crippen molar-refractivity contribution >= 4 is 0 Å². The van der Waals surface area contributed by atoms with Gasteiger partial charge in [-0.15, -0.1) is 12.3 Å². The molecule has 1 rings (SSSR count). The quantitative estimate of drug-likeness (QED) is 0.711. The summed E-state index contributed by atoms with van der Waals surface area (Å²) in [4.78, 5) is 4.10. The number of rotatable bonds is 3. The van der Waals surface area contributed by atoms with E-state index in [1.807, 2.05) is 19.1 Å². The Morgan fingerprint density at radius 1 is 1.69 bits per heavy atom. The minimum absolute atomic E-state index is 0.482. The fourth-order valence-electron chi connectivity index (χ4n) is 1.22. The Labute approximate surface area is 78.6 Å². The highest BCUT2D eigenvalue weighted by Gasteiger charge is 2.08. The van der Waals surface area contributed by atoms with E-state index >= 15 is 0 Å². The summed E-state index contributed by atoms with van der Waals surface area (Å²) < 4.78 is 0. The average Bonchev–Trinajstić information content (AvgIpc) is 2.15. The Bertz CT molecular complexity index is 314. The van der Waals surface area contributed by atoms with E-state index < -0.39 is 6.10 Å². The molecule has 0 amide bonds. The number of aromatic nitrogens is 1. The third kappa shape index (κ3) is 2.57. The second-order valence-electron chi connectivity index (χ2n) is 2.94. The molecular weight excluding hydrogens is 162 g/mol. The van der Waals surface area contributed by atoms with Crippen LogP contribution >= 0.6 is 0 Å². The molecule has 0 bridgehead atoms. The molecule has 13 heavy (non-hydrogen) atoms. The zero-order valence-corrected chi connectivity index (χ0v) is 7.70. The van der Waals surface area contributed by atoms with Crippen molar-refractivity contribution in [3.8, 4) is 12.3 Å². The standard InChI is InChI=1S/C11H13NO/c1-3-4-7-11(13)10-6-5-8-12-9(10)2/h1,5-6,8,11,13H,4,7H2,2H3. The number of aliphatic hydroxyl groups excluding tert-OH is 1. The van der Waals surface area contributed by atoms with Crippen LogP contribution in [0.3, 0.4) is 0 Å². The maximum Gasteiger partial charge on any atom is 0.0816 e. The number of nitrogens with zero attached hydrogens (tertiary/aromatic N) is 1. The topological polar surface area (TPSA) is 33.1 Å². The van der Waals surface area contributed by atoms with E-state index in [0.29, 0.717) is 12.8 Å². The molecule has 1 aromatic rings. The predicted molar refractivity (Wildman–Crippen MR) is 52.0 cm³/mol. The van der Waals surface area contributed by atoms with Gasteiger partial charge < -0.3 is 5.11 Å². The van der Waals surface area contributed by atoms with Gasteiger partial charge in [0.2, 0.25) is 0 Å². The van der Waals surface area contributed by atoms with Gasteiger partial charge in [0.05, 0.1) is 6.10 Å². The molecule has 0 saturated carbocycles. The zero-order chi connectivity index (χ0) is 9.68. The molecule has 1 aromatic heterocycles. The highest BCUT2D eigenvalue weighted by Crippen LogP contribution is 2.19. The molecular formula is C11H13NO. The van der Waals surface area contributed by atoms with E-state index in [1.54, 1.807) is 6.20 Å². The van der Waals surface area contributed by atoms with Crippen LogP contribution in [0.4, 0.5) is 0 Å². The first-order valence-corrected chi connectivity index (χ1v) is 4.28. The van der Waals surface area contributed by atoms with Crippen LogP contribution in [-0.4, -0.2) is 10.1 Å². The van der Waals surface area contributed by atoms with Crippen LogP contribution in [0.5, 0.6) is 0 Å². The van der Waals surface area contributed by atoms with Gasteiger partial charge in [0.1, 0.15) is 0 Å². The summed E-state index contributed by atoms with van der Waals surface area (Å²) in [6.07, 6.45) is 7.54. The minimum atomic E-state index is -0.482. The Morgan fingerprint density at radius 3 is 3.08 bits per heavy atom. The maximum absolute atomic E-state index is 9.70. The van der Waals surface area contributed by atoms with E-state index in [-0.39, 0.29) is 0 Å². The average molecular weight is 175 g/mol. The highest BCUT2D eigenvalue weighted by atomic mass is 16.3. The van der Waals surface area contributed by atoms with Crippen molar-refractivity contribution in [2.45, 2.75) is 25.9 Å². The number of aliphatic hydroxyl groups is 1. The van der Waals surface area contributed by atoms with Gasteiger partial charge in [0, 0.05) is 23.9 Å². The molecule has 2 nitrogen and oxygen atoms in total. The first-order chi connectivity index (χ1) is 6.25. The monoisotopic (exact) mass is 175 g/mol. The summed E-state index contributed by atoms with van der Waals surface area (Å²) in [5.41, 5.74) is 1.74. The van der Waals surface area contributed by atoms with Crippen molar-refractivity contribution < 1.29 is 5.11 Å². The molecule has 0 aromatic carbocycles. The lowest BCUT2D eigenvalue weighted by atomic mass is 10.0. The normalized spacial score (nSPS) is 12.1. The van der Waals surface area contributed by atoms with Crippen LogP contribution in [0, 0.1) is 19.3 Å². The van der Waals surface area contributed by atoms with Gasteiger partial charge in [-0.25, -0.2) is 0 Å². The number of hydrogen-bond donors (Lipinski definition) is 1. The fraction of sp³-hybridized carbons (Fsp3) is 0.364. The second kappa shape index (κ2) is 4.64. The fourth-order valence-corrected chi connectivity index (χ4v) is 1.22. The molecule has 68 valence electrons. The molecule has 0 spiro atoms. The number of pyridine rings is 1. The SMILES string of the molecule is C#CCCC(O)c1cccnc1C. The lowest BCUT2D eigenvalue weighted by Gasteiger charge is -2.10. The van der Waals surface area contributed by atoms with E-state index in [4.69, 9.17) is 6.42 Å². The summed E-state index contributed by atoms with van der Waals surface area (Å²) in [7, 11) is 0. The highest BCUT2D eigenvalue weighted by molar-refractivity contribution is 5.20. The third-order valence-corrected chi connectivity index (χ3v) is 1.97. The van der Waals surface area contributed by atoms with Gasteiger partial charge in [0.25, 0.3) is 0 Å². The lowest BCUT2D eigenvalue weighted by Crippen LogP contribution is -2.00. The molecule has 1 unspecified atom stereocenters. The third-order valence-electron chi connectivity index (χ3n) is 1.97. The van der Waals surface area contributed by atoms with Crippen LogP contribution in [0.25, 0.3) is 0 Å².